The maximum Gasteiger partial charge on any atom is 0.128 e. The fraction of sp³-hybridized carbons (Fsp3) is 0.357. The van der Waals surface area contributed by atoms with Crippen LogP contribution in [0.2, 0.25) is 5.02 Å². The van der Waals surface area contributed by atoms with Crippen molar-refractivity contribution in [2.24, 2.45) is 0 Å². The van der Waals surface area contributed by atoms with E-state index in [2.05, 4.69) is 10.1 Å². The van der Waals surface area contributed by atoms with E-state index in [4.69, 9.17) is 16.1 Å². The molecule has 1 saturated heterocycles. The van der Waals surface area contributed by atoms with Crippen LogP contribution < -0.4 is 0 Å². The summed E-state index contributed by atoms with van der Waals surface area (Å²) in [7, 11) is 0. The molecule has 0 unspecified atom stereocenters. The van der Waals surface area contributed by atoms with Gasteiger partial charge in [-0.3, -0.25) is 4.90 Å². The fourth-order valence-electron chi connectivity index (χ4n) is 2.40. The Balaban J connectivity index is 1.84. The summed E-state index contributed by atoms with van der Waals surface area (Å²) < 4.78 is 5.13. The highest BCUT2D eigenvalue weighted by Gasteiger charge is 2.16. The summed E-state index contributed by atoms with van der Waals surface area (Å²) in [6, 6.07) is 7.72. The molecule has 1 aromatic heterocycles. The fourth-order valence-corrected chi connectivity index (χ4v) is 2.52. The Morgan fingerprint density at radius 3 is 2.61 bits per heavy atom. The Hall–Kier alpha value is -1.32. The largest absolute Gasteiger partial charge is 0.364 e. The first kappa shape index (κ1) is 11.8. The minimum atomic E-state index is 0.739. The van der Waals surface area contributed by atoms with Gasteiger partial charge in [0, 0.05) is 22.7 Å². The molecular formula is C14H15ClN2O. The Kier molecular flexibility index (Phi) is 3.35. The second-order valence-corrected chi connectivity index (χ2v) is 5.11. The van der Waals surface area contributed by atoms with E-state index in [9.17, 15) is 0 Å². The quantitative estimate of drug-likeness (QED) is 0.847. The van der Waals surface area contributed by atoms with Crippen molar-refractivity contribution in [3.05, 3.63) is 41.1 Å². The molecule has 0 N–H and O–H groups in total. The number of likely N-dealkylation sites (tertiary alicyclic amines) is 1. The SMILES string of the molecule is Clc1ccc(-c2nocc2CN2CCCC2)cc1. The lowest BCUT2D eigenvalue weighted by Gasteiger charge is -2.13. The average molecular weight is 263 g/mol. The first-order valence-corrected chi connectivity index (χ1v) is 6.62. The molecule has 0 bridgehead atoms. The topological polar surface area (TPSA) is 29.3 Å². The van der Waals surface area contributed by atoms with Crippen molar-refractivity contribution in [1.29, 1.82) is 0 Å². The molecule has 0 radical (unpaired) electrons. The van der Waals surface area contributed by atoms with E-state index >= 15 is 0 Å². The summed E-state index contributed by atoms with van der Waals surface area (Å²) in [6.07, 6.45) is 4.34. The van der Waals surface area contributed by atoms with Crippen LogP contribution in [0.1, 0.15) is 18.4 Å². The highest BCUT2D eigenvalue weighted by Crippen LogP contribution is 2.25. The minimum Gasteiger partial charge on any atom is -0.364 e. The number of aromatic nitrogens is 1. The zero-order valence-electron chi connectivity index (χ0n) is 10.1. The summed E-state index contributed by atoms with van der Waals surface area (Å²) >= 11 is 5.90. The second kappa shape index (κ2) is 5.12. The van der Waals surface area contributed by atoms with Gasteiger partial charge in [0.2, 0.25) is 0 Å². The lowest BCUT2D eigenvalue weighted by Crippen LogP contribution is -2.18. The highest BCUT2D eigenvalue weighted by molar-refractivity contribution is 6.30. The van der Waals surface area contributed by atoms with Crippen LogP contribution in [0.25, 0.3) is 11.3 Å². The molecule has 0 atom stereocenters. The smallest absolute Gasteiger partial charge is 0.128 e. The minimum absolute atomic E-state index is 0.739. The Bertz CT molecular complexity index is 515. The number of hydrogen-bond acceptors (Lipinski definition) is 3. The van der Waals surface area contributed by atoms with Crippen LogP contribution in [-0.2, 0) is 6.54 Å². The maximum atomic E-state index is 5.90. The van der Waals surface area contributed by atoms with Crippen LogP contribution >= 0.6 is 11.6 Å². The molecule has 1 aromatic carbocycles. The third-order valence-corrected chi connectivity index (χ3v) is 3.61. The van der Waals surface area contributed by atoms with Gasteiger partial charge in [-0.15, -0.1) is 0 Å². The summed E-state index contributed by atoms with van der Waals surface area (Å²) in [5.41, 5.74) is 3.14. The predicted molar refractivity (Wildman–Crippen MR) is 71.5 cm³/mol. The molecule has 2 heterocycles. The number of benzene rings is 1. The lowest BCUT2D eigenvalue weighted by molar-refractivity contribution is 0.329. The van der Waals surface area contributed by atoms with Gasteiger partial charge < -0.3 is 4.52 Å². The van der Waals surface area contributed by atoms with Gasteiger partial charge in [0.05, 0.1) is 0 Å². The zero-order chi connectivity index (χ0) is 12.4. The zero-order valence-corrected chi connectivity index (χ0v) is 10.9. The average Bonchev–Trinajstić information content (AvgIpc) is 3.02. The van der Waals surface area contributed by atoms with E-state index in [1.807, 2.05) is 24.3 Å². The summed E-state index contributed by atoms with van der Waals surface area (Å²) in [5.74, 6) is 0. The third kappa shape index (κ3) is 2.42. The second-order valence-electron chi connectivity index (χ2n) is 4.68. The predicted octanol–water partition coefficient (Wildman–Crippen LogP) is 3.59. The number of nitrogens with zero attached hydrogens (tertiary/aromatic N) is 2. The van der Waals surface area contributed by atoms with Crippen molar-refractivity contribution < 1.29 is 4.52 Å². The van der Waals surface area contributed by atoms with Gasteiger partial charge >= 0.3 is 0 Å². The first-order valence-electron chi connectivity index (χ1n) is 6.24. The number of rotatable bonds is 3. The maximum absolute atomic E-state index is 5.90. The summed E-state index contributed by atoms with van der Waals surface area (Å²) in [4.78, 5) is 2.44. The normalized spacial score (nSPS) is 16.3. The molecule has 18 heavy (non-hydrogen) atoms. The third-order valence-electron chi connectivity index (χ3n) is 3.35. The van der Waals surface area contributed by atoms with Crippen LogP contribution in [0.5, 0.6) is 0 Å². The van der Waals surface area contributed by atoms with Gasteiger partial charge in [-0.25, -0.2) is 0 Å². The molecule has 1 aliphatic heterocycles. The summed E-state index contributed by atoms with van der Waals surface area (Å²) in [5, 5.41) is 4.85. The Labute approximate surface area is 111 Å². The van der Waals surface area contributed by atoms with E-state index < -0.39 is 0 Å². The molecule has 2 aromatic rings. The summed E-state index contributed by atoms with van der Waals surface area (Å²) in [6.45, 7) is 3.26. The molecule has 0 spiro atoms. The Morgan fingerprint density at radius 2 is 1.89 bits per heavy atom. The Morgan fingerprint density at radius 1 is 1.17 bits per heavy atom. The molecule has 4 heteroatoms. The van der Waals surface area contributed by atoms with Crippen molar-refractivity contribution in [2.45, 2.75) is 19.4 Å². The van der Waals surface area contributed by atoms with Crippen LogP contribution in [0.4, 0.5) is 0 Å². The highest BCUT2D eigenvalue weighted by atomic mass is 35.5. The van der Waals surface area contributed by atoms with Crippen LogP contribution in [-0.4, -0.2) is 23.1 Å². The molecule has 94 valence electrons. The van der Waals surface area contributed by atoms with E-state index in [1.54, 1.807) is 6.26 Å². The van der Waals surface area contributed by atoms with Gasteiger partial charge in [0.15, 0.2) is 0 Å². The van der Waals surface area contributed by atoms with Gasteiger partial charge in [-0.1, -0.05) is 28.9 Å². The molecule has 1 aliphatic rings. The van der Waals surface area contributed by atoms with Crippen molar-refractivity contribution in [1.82, 2.24) is 10.1 Å². The van der Waals surface area contributed by atoms with E-state index in [0.29, 0.717) is 0 Å². The molecule has 3 nitrogen and oxygen atoms in total. The van der Waals surface area contributed by atoms with Crippen molar-refractivity contribution in [3.63, 3.8) is 0 Å². The van der Waals surface area contributed by atoms with Crippen molar-refractivity contribution in [2.75, 3.05) is 13.1 Å². The van der Waals surface area contributed by atoms with Gasteiger partial charge in [0.25, 0.3) is 0 Å². The molecule has 1 fully saturated rings. The standard InChI is InChI=1S/C14H15ClN2O/c15-13-5-3-11(4-6-13)14-12(10-18-16-14)9-17-7-1-2-8-17/h3-6,10H,1-2,7-9H2. The van der Waals surface area contributed by atoms with E-state index in [1.165, 1.54) is 25.9 Å². The van der Waals surface area contributed by atoms with Gasteiger partial charge in [-0.2, -0.15) is 0 Å². The molecule has 0 saturated carbocycles. The first-order chi connectivity index (χ1) is 8.83. The lowest BCUT2D eigenvalue weighted by atomic mass is 10.1. The number of halogens is 1. The van der Waals surface area contributed by atoms with Crippen LogP contribution in [0, 0.1) is 0 Å². The molecule has 3 rings (SSSR count). The van der Waals surface area contributed by atoms with Crippen LogP contribution in [0.3, 0.4) is 0 Å². The van der Waals surface area contributed by atoms with E-state index in [0.717, 1.165) is 28.4 Å². The van der Waals surface area contributed by atoms with Gasteiger partial charge in [-0.05, 0) is 38.1 Å². The molecule has 0 aliphatic carbocycles. The van der Waals surface area contributed by atoms with Gasteiger partial charge in [0.1, 0.15) is 12.0 Å². The van der Waals surface area contributed by atoms with Crippen molar-refractivity contribution in [3.8, 4) is 11.3 Å². The molecular weight excluding hydrogens is 248 g/mol. The molecule has 0 amide bonds. The monoisotopic (exact) mass is 262 g/mol. The van der Waals surface area contributed by atoms with Crippen LogP contribution in [0.15, 0.2) is 35.1 Å². The van der Waals surface area contributed by atoms with Crippen molar-refractivity contribution >= 4 is 11.6 Å². The number of hydrogen-bond donors (Lipinski definition) is 0. The van der Waals surface area contributed by atoms with E-state index in [-0.39, 0.29) is 0 Å².